The third-order valence-corrected chi connectivity index (χ3v) is 4.11. The fraction of sp³-hybridized carbons (Fsp3) is 0.263. The van der Waals surface area contributed by atoms with Crippen LogP contribution in [0.3, 0.4) is 0 Å². The van der Waals surface area contributed by atoms with Crippen molar-refractivity contribution in [2.45, 2.75) is 33.2 Å². The van der Waals surface area contributed by atoms with Crippen LogP contribution in [0.25, 0.3) is 11.4 Å². The molecule has 0 saturated carbocycles. The number of benzene rings is 2. The lowest BCUT2D eigenvalue weighted by Gasteiger charge is -2.09. The molecule has 5 nitrogen and oxygen atoms in total. The van der Waals surface area contributed by atoms with Gasteiger partial charge in [-0.25, -0.2) is 0 Å². The topological polar surface area (TPSA) is 60.7 Å². The minimum absolute atomic E-state index is 0.0227. The summed E-state index contributed by atoms with van der Waals surface area (Å²) in [5.41, 5.74) is 3.93. The van der Waals surface area contributed by atoms with E-state index in [9.17, 15) is 4.79 Å². The third kappa shape index (κ3) is 3.25. The van der Waals surface area contributed by atoms with E-state index in [4.69, 9.17) is 0 Å². The Morgan fingerprint density at radius 3 is 2.38 bits per heavy atom. The lowest BCUT2D eigenvalue weighted by atomic mass is 10.0. The van der Waals surface area contributed by atoms with Crippen molar-refractivity contribution in [3.63, 3.8) is 0 Å². The molecule has 1 unspecified atom stereocenters. The van der Waals surface area contributed by atoms with E-state index in [1.807, 2.05) is 55.5 Å². The van der Waals surface area contributed by atoms with E-state index >= 15 is 0 Å². The molecule has 3 rings (SSSR count). The van der Waals surface area contributed by atoms with Crippen LogP contribution in [0.4, 0.5) is 0 Å². The zero-order chi connectivity index (χ0) is 17.1. The zero-order valence-electron chi connectivity index (χ0n) is 14.1. The fourth-order valence-electron chi connectivity index (χ4n) is 2.46. The van der Waals surface area contributed by atoms with Crippen molar-refractivity contribution in [1.29, 1.82) is 0 Å². The molecule has 2 aromatic carbocycles. The van der Waals surface area contributed by atoms with Gasteiger partial charge in [0.15, 0.2) is 5.78 Å². The molecular weight excluding hydrogens is 300 g/mol. The first-order chi connectivity index (χ1) is 11.6. The van der Waals surface area contributed by atoms with Gasteiger partial charge < -0.3 is 0 Å². The Labute approximate surface area is 141 Å². The van der Waals surface area contributed by atoms with Crippen LogP contribution >= 0.6 is 0 Å². The molecule has 1 atom stereocenters. The van der Waals surface area contributed by atoms with E-state index in [1.54, 1.807) is 6.92 Å². The highest BCUT2D eigenvalue weighted by atomic mass is 16.1. The molecule has 1 aromatic heterocycles. The predicted octanol–water partition coefficient (Wildman–Crippen LogP) is 3.65. The van der Waals surface area contributed by atoms with E-state index in [1.165, 1.54) is 15.9 Å². The Balaban J connectivity index is 1.80. The van der Waals surface area contributed by atoms with Gasteiger partial charge in [0.1, 0.15) is 6.04 Å². The van der Waals surface area contributed by atoms with Crippen molar-refractivity contribution in [2.24, 2.45) is 0 Å². The first-order valence-electron chi connectivity index (χ1n) is 8.08. The number of rotatable bonds is 5. The Kier molecular flexibility index (Phi) is 4.51. The molecule has 0 aliphatic carbocycles. The summed E-state index contributed by atoms with van der Waals surface area (Å²) in [6.07, 6.45) is 0.953. The molecule has 5 heteroatoms. The molecule has 122 valence electrons. The fourth-order valence-corrected chi connectivity index (χ4v) is 2.46. The van der Waals surface area contributed by atoms with Crippen molar-refractivity contribution in [3.8, 4) is 11.4 Å². The minimum Gasteiger partial charge on any atom is -0.292 e. The van der Waals surface area contributed by atoms with Gasteiger partial charge in [0.25, 0.3) is 0 Å². The highest BCUT2D eigenvalue weighted by Crippen LogP contribution is 2.17. The maximum absolute atomic E-state index is 12.6. The number of aryl methyl sites for hydroxylation is 2. The lowest BCUT2D eigenvalue weighted by molar-refractivity contribution is 0.0918. The van der Waals surface area contributed by atoms with Crippen LogP contribution in [0.2, 0.25) is 0 Å². The van der Waals surface area contributed by atoms with Gasteiger partial charge in [-0.15, -0.1) is 10.2 Å². The number of hydrogen-bond acceptors (Lipinski definition) is 4. The summed E-state index contributed by atoms with van der Waals surface area (Å²) in [5.74, 6) is 0.501. The van der Waals surface area contributed by atoms with Crippen molar-refractivity contribution in [3.05, 3.63) is 65.2 Å². The Morgan fingerprint density at radius 2 is 1.75 bits per heavy atom. The zero-order valence-corrected chi connectivity index (χ0v) is 14.1. The standard InChI is InChI=1S/C19H20N4O/c1-4-15-7-11-16(12-8-15)18(24)14(3)23-21-19(20-22-23)17-9-5-13(2)6-10-17/h5-12,14H,4H2,1-3H3. The maximum Gasteiger partial charge on any atom is 0.204 e. The summed E-state index contributed by atoms with van der Waals surface area (Å²) in [6, 6.07) is 15.1. The largest absolute Gasteiger partial charge is 0.292 e. The van der Waals surface area contributed by atoms with Crippen LogP contribution in [0.5, 0.6) is 0 Å². The first-order valence-corrected chi connectivity index (χ1v) is 8.08. The normalized spacial score (nSPS) is 12.1. The second kappa shape index (κ2) is 6.74. The molecule has 0 spiro atoms. The Hall–Kier alpha value is -2.82. The summed E-state index contributed by atoms with van der Waals surface area (Å²) in [7, 11) is 0. The molecule has 0 aliphatic rings. The van der Waals surface area contributed by atoms with Crippen LogP contribution in [-0.4, -0.2) is 26.0 Å². The second-order valence-electron chi connectivity index (χ2n) is 5.89. The second-order valence-corrected chi connectivity index (χ2v) is 5.89. The molecule has 0 bridgehead atoms. The number of ketones is 1. The smallest absolute Gasteiger partial charge is 0.204 e. The van der Waals surface area contributed by atoms with E-state index in [0.29, 0.717) is 11.4 Å². The molecule has 24 heavy (non-hydrogen) atoms. The number of hydrogen-bond donors (Lipinski definition) is 0. The quantitative estimate of drug-likeness (QED) is 0.673. The summed E-state index contributed by atoms with van der Waals surface area (Å²) in [6.45, 7) is 5.90. The molecule has 0 aliphatic heterocycles. The number of carbonyl (C=O) groups excluding carboxylic acids is 1. The number of Topliss-reactive ketones (excluding diaryl/α,β-unsaturated/α-hetero) is 1. The number of aromatic nitrogens is 4. The summed E-state index contributed by atoms with van der Waals surface area (Å²) >= 11 is 0. The maximum atomic E-state index is 12.6. The SMILES string of the molecule is CCc1ccc(C(=O)C(C)n2nnc(-c3ccc(C)cc3)n2)cc1. The summed E-state index contributed by atoms with van der Waals surface area (Å²) in [4.78, 5) is 14.0. The van der Waals surface area contributed by atoms with Crippen molar-refractivity contribution in [1.82, 2.24) is 20.2 Å². The average molecular weight is 320 g/mol. The van der Waals surface area contributed by atoms with Gasteiger partial charge in [0.2, 0.25) is 5.82 Å². The van der Waals surface area contributed by atoms with Gasteiger partial charge in [-0.1, -0.05) is 61.0 Å². The molecule has 0 radical (unpaired) electrons. The number of carbonyl (C=O) groups is 1. The predicted molar refractivity (Wildman–Crippen MR) is 92.9 cm³/mol. The monoisotopic (exact) mass is 320 g/mol. The van der Waals surface area contributed by atoms with E-state index in [2.05, 4.69) is 22.3 Å². The molecule has 0 saturated heterocycles. The molecule has 0 amide bonds. The van der Waals surface area contributed by atoms with Gasteiger partial charge in [0.05, 0.1) is 0 Å². The third-order valence-electron chi connectivity index (χ3n) is 4.11. The number of tetrazole rings is 1. The van der Waals surface area contributed by atoms with Crippen molar-refractivity contribution in [2.75, 3.05) is 0 Å². The molecule has 1 heterocycles. The molecule has 0 N–H and O–H groups in total. The van der Waals surface area contributed by atoms with Crippen LogP contribution in [0, 0.1) is 6.92 Å². The van der Waals surface area contributed by atoms with Gasteiger partial charge >= 0.3 is 0 Å². The van der Waals surface area contributed by atoms with Gasteiger partial charge in [0, 0.05) is 11.1 Å². The molecule has 0 fully saturated rings. The van der Waals surface area contributed by atoms with Gasteiger partial charge in [-0.2, -0.15) is 4.80 Å². The van der Waals surface area contributed by atoms with Crippen LogP contribution < -0.4 is 0 Å². The number of nitrogens with zero attached hydrogens (tertiary/aromatic N) is 4. The average Bonchev–Trinajstić information content (AvgIpc) is 3.11. The van der Waals surface area contributed by atoms with Crippen molar-refractivity contribution >= 4 is 5.78 Å². The highest BCUT2D eigenvalue weighted by molar-refractivity contribution is 5.98. The molecule has 3 aromatic rings. The Morgan fingerprint density at radius 1 is 1.08 bits per heavy atom. The first kappa shape index (κ1) is 16.1. The van der Waals surface area contributed by atoms with Crippen LogP contribution in [0.1, 0.15) is 41.4 Å². The summed E-state index contributed by atoms with van der Waals surface area (Å²) < 4.78 is 0. The van der Waals surface area contributed by atoms with Crippen molar-refractivity contribution < 1.29 is 4.79 Å². The highest BCUT2D eigenvalue weighted by Gasteiger charge is 2.20. The van der Waals surface area contributed by atoms with Crippen LogP contribution in [0.15, 0.2) is 48.5 Å². The lowest BCUT2D eigenvalue weighted by Crippen LogP contribution is -2.19. The minimum atomic E-state index is -0.496. The van der Waals surface area contributed by atoms with E-state index in [-0.39, 0.29) is 5.78 Å². The van der Waals surface area contributed by atoms with E-state index < -0.39 is 6.04 Å². The molecular formula is C19H20N4O. The van der Waals surface area contributed by atoms with Gasteiger partial charge in [-0.05, 0) is 31.0 Å². The van der Waals surface area contributed by atoms with Crippen LogP contribution in [-0.2, 0) is 6.42 Å². The van der Waals surface area contributed by atoms with E-state index in [0.717, 1.165) is 12.0 Å². The van der Waals surface area contributed by atoms with Gasteiger partial charge in [-0.3, -0.25) is 4.79 Å². The summed E-state index contributed by atoms with van der Waals surface area (Å²) in [5, 5.41) is 12.5. The Bertz CT molecular complexity index is 835.